The SMILES string of the molecule is CC1CSCCN1c1cc(C(F)(F)F)nc(Cl)n1. The second-order valence-corrected chi connectivity index (χ2v) is 5.48. The monoisotopic (exact) mass is 297 g/mol. The first-order valence-electron chi connectivity index (χ1n) is 5.34. The summed E-state index contributed by atoms with van der Waals surface area (Å²) < 4.78 is 37.9. The summed E-state index contributed by atoms with van der Waals surface area (Å²) in [6.07, 6.45) is -4.50. The van der Waals surface area contributed by atoms with Gasteiger partial charge in [0, 0.05) is 30.2 Å². The third-order valence-corrected chi connectivity index (χ3v) is 4.00. The van der Waals surface area contributed by atoms with Crippen molar-refractivity contribution in [1.29, 1.82) is 0 Å². The Balaban J connectivity index is 2.35. The van der Waals surface area contributed by atoms with Crippen molar-refractivity contribution in [3.8, 4) is 0 Å². The molecule has 0 amide bonds. The van der Waals surface area contributed by atoms with Crippen LogP contribution >= 0.6 is 23.4 Å². The van der Waals surface area contributed by atoms with E-state index in [4.69, 9.17) is 11.6 Å². The number of aromatic nitrogens is 2. The maximum Gasteiger partial charge on any atom is 0.433 e. The van der Waals surface area contributed by atoms with E-state index in [2.05, 4.69) is 9.97 Å². The van der Waals surface area contributed by atoms with E-state index >= 15 is 0 Å². The molecule has 2 rings (SSSR count). The molecule has 1 aliphatic rings. The minimum Gasteiger partial charge on any atom is -0.352 e. The van der Waals surface area contributed by atoms with Gasteiger partial charge in [-0.05, 0) is 18.5 Å². The number of rotatable bonds is 1. The van der Waals surface area contributed by atoms with Crippen molar-refractivity contribution in [2.75, 3.05) is 23.0 Å². The molecular formula is C10H11ClF3N3S. The summed E-state index contributed by atoms with van der Waals surface area (Å²) >= 11 is 7.34. The predicted octanol–water partition coefficient (Wildman–Crippen LogP) is 3.09. The Kier molecular flexibility index (Phi) is 3.91. The van der Waals surface area contributed by atoms with Crippen LogP contribution in [0.15, 0.2) is 6.07 Å². The number of halogens is 4. The van der Waals surface area contributed by atoms with Crippen molar-refractivity contribution in [2.45, 2.75) is 19.1 Å². The Labute approximate surface area is 112 Å². The maximum atomic E-state index is 12.6. The first-order chi connectivity index (χ1) is 8.38. The second kappa shape index (κ2) is 5.13. The third kappa shape index (κ3) is 3.00. The molecule has 3 nitrogen and oxygen atoms in total. The average Bonchev–Trinajstić information content (AvgIpc) is 2.27. The van der Waals surface area contributed by atoms with Crippen LogP contribution in [0.3, 0.4) is 0 Å². The fourth-order valence-corrected chi connectivity index (χ4v) is 2.96. The van der Waals surface area contributed by atoms with Crippen molar-refractivity contribution in [3.05, 3.63) is 17.0 Å². The van der Waals surface area contributed by atoms with Crippen LogP contribution in [0.25, 0.3) is 0 Å². The van der Waals surface area contributed by atoms with Crippen LogP contribution in [0, 0.1) is 0 Å². The lowest BCUT2D eigenvalue weighted by molar-refractivity contribution is -0.141. The van der Waals surface area contributed by atoms with Crippen LogP contribution < -0.4 is 4.90 Å². The van der Waals surface area contributed by atoms with E-state index in [0.717, 1.165) is 17.6 Å². The number of hydrogen-bond acceptors (Lipinski definition) is 4. The summed E-state index contributed by atoms with van der Waals surface area (Å²) in [7, 11) is 0. The largest absolute Gasteiger partial charge is 0.433 e. The minimum absolute atomic E-state index is 0.135. The van der Waals surface area contributed by atoms with Gasteiger partial charge in [-0.15, -0.1) is 0 Å². The third-order valence-electron chi connectivity index (χ3n) is 2.64. The first kappa shape index (κ1) is 13.7. The van der Waals surface area contributed by atoms with Crippen LogP contribution in [-0.4, -0.2) is 34.1 Å². The minimum atomic E-state index is -4.50. The molecule has 0 radical (unpaired) electrons. The lowest BCUT2D eigenvalue weighted by Gasteiger charge is -2.34. The molecular weight excluding hydrogens is 287 g/mol. The Morgan fingerprint density at radius 1 is 1.44 bits per heavy atom. The lowest BCUT2D eigenvalue weighted by atomic mass is 10.3. The summed E-state index contributed by atoms with van der Waals surface area (Å²) in [5.74, 6) is 1.98. The number of thioether (sulfide) groups is 1. The summed E-state index contributed by atoms with van der Waals surface area (Å²) in [6, 6.07) is 1.09. The summed E-state index contributed by atoms with van der Waals surface area (Å²) in [6.45, 7) is 2.62. The van der Waals surface area contributed by atoms with Gasteiger partial charge in [0.2, 0.25) is 5.28 Å². The maximum absolute atomic E-state index is 12.6. The number of hydrogen-bond donors (Lipinski definition) is 0. The number of anilines is 1. The zero-order valence-corrected chi connectivity index (χ0v) is 11.1. The predicted molar refractivity (Wildman–Crippen MR) is 66.2 cm³/mol. The molecule has 1 fully saturated rings. The van der Waals surface area contributed by atoms with Crippen molar-refractivity contribution in [2.24, 2.45) is 0 Å². The molecule has 0 aromatic carbocycles. The number of nitrogens with zero attached hydrogens (tertiary/aromatic N) is 3. The van der Waals surface area contributed by atoms with E-state index in [9.17, 15) is 13.2 Å². The molecule has 8 heteroatoms. The molecule has 18 heavy (non-hydrogen) atoms. The smallest absolute Gasteiger partial charge is 0.352 e. The van der Waals surface area contributed by atoms with Crippen LogP contribution in [0.4, 0.5) is 19.0 Å². The molecule has 0 N–H and O–H groups in total. The molecule has 0 saturated carbocycles. The van der Waals surface area contributed by atoms with Crippen molar-refractivity contribution in [3.63, 3.8) is 0 Å². The van der Waals surface area contributed by atoms with Gasteiger partial charge in [0.25, 0.3) is 0 Å². The molecule has 0 bridgehead atoms. The van der Waals surface area contributed by atoms with Gasteiger partial charge >= 0.3 is 6.18 Å². The highest BCUT2D eigenvalue weighted by atomic mass is 35.5. The van der Waals surface area contributed by atoms with E-state index in [0.29, 0.717) is 6.54 Å². The van der Waals surface area contributed by atoms with Crippen LogP contribution in [0.2, 0.25) is 5.28 Å². The van der Waals surface area contributed by atoms with Crippen LogP contribution in [0.5, 0.6) is 0 Å². The fraction of sp³-hybridized carbons (Fsp3) is 0.600. The van der Waals surface area contributed by atoms with Gasteiger partial charge in [0.1, 0.15) is 5.82 Å². The zero-order chi connectivity index (χ0) is 13.3. The average molecular weight is 298 g/mol. The second-order valence-electron chi connectivity index (χ2n) is 4.00. The number of alkyl halides is 3. The molecule has 1 aromatic heterocycles. The van der Waals surface area contributed by atoms with Gasteiger partial charge in [-0.2, -0.15) is 24.9 Å². The highest BCUT2D eigenvalue weighted by molar-refractivity contribution is 7.99. The molecule has 1 aliphatic heterocycles. The quantitative estimate of drug-likeness (QED) is 0.745. The molecule has 1 unspecified atom stereocenters. The lowest BCUT2D eigenvalue weighted by Crippen LogP contribution is -2.41. The van der Waals surface area contributed by atoms with Gasteiger partial charge < -0.3 is 4.90 Å². The molecule has 2 heterocycles. The van der Waals surface area contributed by atoms with E-state index in [1.165, 1.54) is 0 Å². The Morgan fingerprint density at radius 3 is 2.78 bits per heavy atom. The van der Waals surface area contributed by atoms with E-state index < -0.39 is 11.9 Å². The van der Waals surface area contributed by atoms with Gasteiger partial charge in [0.05, 0.1) is 0 Å². The summed E-state index contributed by atoms with van der Waals surface area (Å²) in [5.41, 5.74) is -0.997. The Hall–Kier alpha value is -0.690. The van der Waals surface area contributed by atoms with E-state index in [1.54, 1.807) is 11.8 Å². The normalized spacial score (nSPS) is 21.2. The van der Waals surface area contributed by atoms with Crippen molar-refractivity contribution < 1.29 is 13.2 Å². The van der Waals surface area contributed by atoms with Crippen LogP contribution in [0.1, 0.15) is 12.6 Å². The van der Waals surface area contributed by atoms with Gasteiger partial charge in [-0.1, -0.05) is 0 Å². The highest BCUT2D eigenvalue weighted by Crippen LogP contribution is 2.31. The topological polar surface area (TPSA) is 29.0 Å². The van der Waals surface area contributed by atoms with Crippen molar-refractivity contribution in [1.82, 2.24) is 9.97 Å². The van der Waals surface area contributed by atoms with E-state index in [-0.39, 0.29) is 17.1 Å². The molecule has 0 aliphatic carbocycles. The molecule has 1 atom stereocenters. The first-order valence-corrected chi connectivity index (χ1v) is 6.87. The Bertz CT molecular complexity index is 441. The molecule has 0 spiro atoms. The molecule has 100 valence electrons. The molecule has 1 saturated heterocycles. The zero-order valence-electron chi connectivity index (χ0n) is 9.54. The molecule has 1 aromatic rings. The fourth-order valence-electron chi connectivity index (χ4n) is 1.77. The van der Waals surface area contributed by atoms with Gasteiger partial charge in [-0.3, -0.25) is 0 Å². The standard InChI is InChI=1S/C10H11ClF3N3S/c1-6-5-18-3-2-17(6)8-4-7(10(12,13)14)15-9(11)16-8/h4,6H,2-3,5H2,1H3. The summed E-state index contributed by atoms with van der Waals surface area (Å²) in [4.78, 5) is 8.95. The van der Waals surface area contributed by atoms with Gasteiger partial charge in [-0.25, -0.2) is 9.97 Å². The highest BCUT2D eigenvalue weighted by Gasteiger charge is 2.34. The van der Waals surface area contributed by atoms with E-state index in [1.807, 2.05) is 11.8 Å². The summed E-state index contributed by atoms with van der Waals surface area (Å²) in [5, 5.41) is -0.370. The Morgan fingerprint density at radius 2 is 2.17 bits per heavy atom. The van der Waals surface area contributed by atoms with Crippen molar-refractivity contribution >= 4 is 29.2 Å². The van der Waals surface area contributed by atoms with Gasteiger partial charge in [0.15, 0.2) is 5.69 Å². The van der Waals surface area contributed by atoms with Crippen LogP contribution in [-0.2, 0) is 6.18 Å².